The first-order chi connectivity index (χ1) is 22.0. The Hall–Kier alpha value is -5.38. The Morgan fingerprint density at radius 3 is 2.36 bits per heavy atom. The normalized spacial score (nSPS) is 15.2. The molecule has 2 aromatic heterocycles. The molecule has 226 valence electrons. The van der Waals surface area contributed by atoms with Gasteiger partial charge in [-0.25, -0.2) is 13.5 Å². The van der Waals surface area contributed by atoms with Crippen LogP contribution in [-0.4, -0.2) is 44.0 Å². The first kappa shape index (κ1) is 28.4. The van der Waals surface area contributed by atoms with Gasteiger partial charge in [-0.05, 0) is 55.2 Å². The highest BCUT2D eigenvalue weighted by Gasteiger charge is 2.32. The van der Waals surface area contributed by atoms with Crippen LogP contribution >= 0.6 is 0 Å². The van der Waals surface area contributed by atoms with Gasteiger partial charge in [0.15, 0.2) is 0 Å². The minimum atomic E-state index is -0.807. The molecule has 0 spiro atoms. The molecule has 7 rings (SSSR count). The molecule has 4 aromatic carbocycles. The van der Waals surface area contributed by atoms with E-state index in [0.717, 1.165) is 40.1 Å². The summed E-state index contributed by atoms with van der Waals surface area (Å²) in [6.45, 7) is 0.852. The van der Waals surface area contributed by atoms with Gasteiger partial charge in [0.05, 0.1) is 24.1 Å². The summed E-state index contributed by atoms with van der Waals surface area (Å²) in [6, 6.07) is 26.7. The Balaban J connectivity index is 1.04. The van der Waals surface area contributed by atoms with Crippen LogP contribution in [0.4, 0.5) is 14.5 Å². The van der Waals surface area contributed by atoms with Gasteiger partial charge in [0.25, 0.3) is 0 Å². The topological polar surface area (TPSA) is 85.0 Å². The molecule has 0 bridgehead atoms. The van der Waals surface area contributed by atoms with E-state index in [1.807, 2.05) is 54.7 Å². The molecule has 1 aliphatic rings. The number of nitrogens with zero attached hydrogens (tertiary/aromatic N) is 5. The summed E-state index contributed by atoms with van der Waals surface area (Å²) >= 11 is 0. The molecular weight excluding hydrogens is 574 g/mol. The molecule has 1 fully saturated rings. The Morgan fingerprint density at radius 1 is 0.889 bits per heavy atom. The van der Waals surface area contributed by atoms with Crippen LogP contribution in [0.5, 0.6) is 0 Å². The van der Waals surface area contributed by atoms with Gasteiger partial charge in [-0.1, -0.05) is 59.8 Å². The van der Waals surface area contributed by atoms with Gasteiger partial charge in [0.2, 0.25) is 11.8 Å². The van der Waals surface area contributed by atoms with Crippen LogP contribution in [0.2, 0.25) is 0 Å². The summed E-state index contributed by atoms with van der Waals surface area (Å²) in [7, 11) is 0. The molecule has 1 unspecified atom stereocenters. The zero-order chi connectivity index (χ0) is 30.9. The third-order valence-electron chi connectivity index (χ3n) is 8.38. The maximum absolute atomic E-state index is 14.4. The number of hydrogen-bond donors (Lipinski definition) is 1. The zero-order valence-electron chi connectivity index (χ0n) is 24.4. The highest BCUT2D eigenvalue weighted by molar-refractivity contribution is 6.08. The van der Waals surface area contributed by atoms with Crippen molar-refractivity contribution in [3.8, 4) is 5.69 Å². The van der Waals surface area contributed by atoms with Crippen molar-refractivity contribution in [3.63, 3.8) is 0 Å². The summed E-state index contributed by atoms with van der Waals surface area (Å²) in [5, 5.41) is 14.1. The van der Waals surface area contributed by atoms with Crippen molar-refractivity contribution in [1.29, 1.82) is 0 Å². The number of halogens is 2. The Kier molecular flexibility index (Phi) is 7.54. The van der Waals surface area contributed by atoms with Crippen LogP contribution in [0.1, 0.15) is 30.5 Å². The lowest BCUT2D eigenvalue weighted by Crippen LogP contribution is -2.52. The van der Waals surface area contributed by atoms with Crippen molar-refractivity contribution in [2.75, 3.05) is 11.4 Å². The highest BCUT2D eigenvalue weighted by Crippen LogP contribution is 2.29. The quantitative estimate of drug-likeness (QED) is 0.233. The average Bonchev–Trinajstić information content (AvgIpc) is 3.65. The molecule has 6 aromatic rings. The molecule has 1 N–H and O–H groups in total. The molecule has 0 aliphatic carbocycles. The molecule has 10 heteroatoms. The maximum Gasteiger partial charge on any atom is 0.249 e. The molecule has 1 atom stereocenters. The van der Waals surface area contributed by atoms with Crippen molar-refractivity contribution in [2.24, 2.45) is 0 Å². The van der Waals surface area contributed by atoms with E-state index >= 15 is 0 Å². The van der Waals surface area contributed by atoms with Gasteiger partial charge in [-0.15, -0.1) is 5.10 Å². The number of fused-ring (bicyclic) bond motifs is 3. The number of rotatable bonds is 8. The third kappa shape index (κ3) is 5.55. The lowest BCUT2D eigenvalue weighted by Gasteiger charge is -2.32. The Labute approximate surface area is 257 Å². The monoisotopic (exact) mass is 604 g/mol. The van der Waals surface area contributed by atoms with E-state index in [-0.39, 0.29) is 18.0 Å². The van der Waals surface area contributed by atoms with Crippen molar-refractivity contribution in [1.82, 2.24) is 24.9 Å². The van der Waals surface area contributed by atoms with E-state index in [0.29, 0.717) is 32.4 Å². The highest BCUT2D eigenvalue weighted by atomic mass is 19.1. The number of amides is 2. The third-order valence-corrected chi connectivity index (χ3v) is 8.38. The number of benzene rings is 4. The van der Waals surface area contributed by atoms with Gasteiger partial charge in [0.1, 0.15) is 23.4 Å². The van der Waals surface area contributed by atoms with Gasteiger partial charge >= 0.3 is 0 Å². The van der Waals surface area contributed by atoms with Crippen molar-refractivity contribution < 1.29 is 18.4 Å². The van der Waals surface area contributed by atoms with E-state index in [4.69, 9.17) is 0 Å². The number of carbonyl (C=O) groups is 2. The fourth-order valence-electron chi connectivity index (χ4n) is 6.23. The minimum Gasteiger partial charge on any atom is -0.344 e. The zero-order valence-corrected chi connectivity index (χ0v) is 24.4. The first-order valence-electron chi connectivity index (χ1n) is 15.0. The van der Waals surface area contributed by atoms with E-state index in [1.165, 1.54) is 21.7 Å². The second-order valence-corrected chi connectivity index (χ2v) is 11.3. The number of carbonyl (C=O) groups excluding carboxylic acids is 2. The maximum atomic E-state index is 14.4. The van der Waals surface area contributed by atoms with Crippen LogP contribution in [0, 0.1) is 11.6 Å². The summed E-state index contributed by atoms with van der Waals surface area (Å²) in [4.78, 5) is 27.4. The molecule has 1 aliphatic heterocycles. The summed E-state index contributed by atoms with van der Waals surface area (Å²) in [5.41, 5.74) is 4.79. The van der Waals surface area contributed by atoms with Crippen LogP contribution in [0.15, 0.2) is 97.2 Å². The smallest absolute Gasteiger partial charge is 0.249 e. The molecule has 0 saturated carbocycles. The van der Waals surface area contributed by atoms with E-state index < -0.39 is 23.6 Å². The fourth-order valence-corrected chi connectivity index (χ4v) is 6.23. The molecule has 3 heterocycles. The molecule has 2 amide bonds. The largest absolute Gasteiger partial charge is 0.344 e. The fraction of sp³-hybridized carbons (Fsp3) is 0.200. The van der Waals surface area contributed by atoms with Crippen molar-refractivity contribution >= 4 is 39.3 Å². The first-order valence-corrected chi connectivity index (χ1v) is 15.0. The van der Waals surface area contributed by atoms with Crippen LogP contribution in [0.25, 0.3) is 27.5 Å². The number of aromatic nitrogens is 4. The van der Waals surface area contributed by atoms with Gasteiger partial charge < -0.3 is 14.8 Å². The Bertz CT molecular complexity index is 2000. The summed E-state index contributed by atoms with van der Waals surface area (Å²) in [5.74, 6) is -2.21. The number of aryl methyl sites for hydroxylation is 1. The van der Waals surface area contributed by atoms with Crippen molar-refractivity contribution in [3.05, 3.63) is 120 Å². The molecule has 8 nitrogen and oxygen atoms in total. The summed E-state index contributed by atoms with van der Waals surface area (Å²) in [6.07, 6.45) is 3.51. The average molecular weight is 605 g/mol. The predicted octanol–water partition coefficient (Wildman–Crippen LogP) is 5.95. The lowest BCUT2D eigenvalue weighted by atomic mass is 10.0. The molecular formula is C35H30F2N6O2. The number of nitrogens with one attached hydrogen (secondary N) is 1. The van der Waals surface area contributed by atoms with E-state index in [9.17, 15) is 18.4 Å². The van der Waals surface area contributed by atoms with E-state index in [2.05, 4.69) is 44.5 Å². The standard InChI is InChI=1S/C35H30F2N6O2/c36-24-16-17-33(28(37)20-24)41-19-7-11-29(35(41)45)38-34(44)18-15-23-8-1-4-12-30(23)43-22-25(39-40-43)21-42-31-13-5-2-9-26(31)27-10-3-6-14-32(27)42/h1-6,8-10,12-14,16-17,20,22,29H,7,11,15,18-19,21H2,(H,38,44). The summed E-state index contributed by atoms with van der Waals surface area (Å²) < 4.78 is 31.7. The Morgan fingerprint density at radius 2 is 1.60 bits per heavy atom. The minimum absolute atomic E-state index is 0.0135. The second kappa shape index (κ2) is 12.0. The SMILES string of the molecule is O=C(CCc1ccccc1-n1cc(Cn2c3ccccc3c3ccccc32)nn1)NC1CCCN(c2ccc(F)cc2F)C1=O. The number of anilines is 1. The van der Waals surface area contributed by atoms with Gasteiger partial charge in [0, 0.05) is 40.8 Å². The number of para-hydroxylation sites is 3. The van der Waals surface area contributed by atoms with Gasteiger partial charge in [-0.2, -0.15) is 0 Å². The second-order valence-electron chi connectivity index (χ2n) is 11.3. The van der Waals surface area contributed by atoms with Crippen LogP contribution < -0.4 is 10.2 Å². The number of hydrogen-bond acceptors (Lipinski definition) is 4. The number of piperidine rings is 1. The lowest BCUT2D eigenvalue weighted by molar-refractivity contribution is -0.128. The van der Waals surface area contributed by atoms with Crippen molar-refractivity contribution in [2.45, 2.75) is 38.3 Å². The molecule has 1 saturated heterocycles. The predicted molar refractivity (Wildman–Crippen MR) is 168 cm³/mol. The molecule has 0 radical (unpaired) electrons. The van der Waals surface area contributed by atoms with Crippen LogP contribution in [-0.2, 0) is 22.6 Å². The van der Waals surface area contributed by atoms with E-state index in [1.54, 1.807) is 4.68 Å². The van der Waals surface area contributed by atoms with Gasteiger partial charge in [-0.3, -0.25) is 9.59 Å². The molecule has 45 heavy (non-hydrogen) atoms. The van der Waals surface area contributed by atoms with Crippen LogP contribution in [0.3, 0.4) is 0 Å².